The van der Waals surface area contributed by atoms with E-state index in [1.165, 1.54) is 36.4 Å². The number of aryl methyl sites for hydroxylation is 1. The third-order valence-corrected chi connectivity index (χ3v) is 6.53. The molecule has 2 aromatic carbocycles. The van der Waals surface area contributed by atoms with Gasteiger partial charge in [-0.2, -0.15) is 0 Å². The molecule has 11 heteroatoms. The van der Waals surface area contributed by atoms with Gasteiger partial charge in [-0.05, 0) is 42.3 Å². The fraction of sp³-hybridized carbons (Fsp3) is 0.217. The summed E-state index contributed by atoms with van der Waals surface area (Å²) in [5, 5.41) is 9.22. The highest BCUT2D eigenvalue weighted by Gasteiger charge is 2.43. The van der Waals surface area contributed by atoms with Crippen molar-refractivity contribution in [3.8, 4) is 5.75 Å². The van der Waals surface area contributed by atoms with Gasteiger partial charge in [0.1, 0.15) is 22.5 Å². The molecule has 1 aliphatic heterocycles. The van der Waals surface area contributed by atoms with Crippen molar-refractivity contribution in [2.45, 2.75) is 24.0 Å². The third kappa shape index (κ3) is 5.04. The monoisotopic (exact) mass is 486 g/mol. The Hall–Kier alpha value is -3.86. The Morgan fingerprint density at radius 3 is 2.62 bits per heavy atom. The number of nitrogens with zero attached hydrogens (tertiary/aromatic N) is 1. The van der Waals surface area contributed by atoms with E-state index in [0.717, 1.165) is 27.7 Å². The van der Waals surface area contributed by atoms with E-state index in [4.69, 9.17) is 14.3 Å². The molecule has 0 radical (unpaired) electrons. The zero-order valence-corrected chi connectivity index (χ0v) is 18.6. The van der Waals surface area contributed by atoms with Crippen LogP contribution in [0.3, 0.4) is 0 Å². The minimum Gasteiger partial charge on any atom is -0.484 e. The Balaban J connectivity index is 1.47. The normalized spacial score (nSPS) is 17.7. The summed E-state index contributed by atoms with van der Waals surface area (Å²) in [5.41, 5.74) is 3.52. The number of nitrogens with one attached hydrogen (secondary N) is 1. The highest BCUT2D eigenvalue weighted by Crippen LogP contribution is 2.43. The predicted molar refractivity (Wildman–Crippen MR) is 120 cm³/mol. The molecule has 2 heterocycles. The number of hydrogen-bond donors (Lipinski definition) is 2. The van der Waals surface area contributed by atoms with Crippen molar-refractivity contribution < 1.29 is 33.0 Å². The largest absolute Gasteiger partial charge is 0.484 e. The molecule has 0 aliphatic carbocycles. The maximum Gasteiger partial charge on any atom is 0.336 e. The van der Waals surface area contributed by atoms with E-state index >= 15 is 0 Å². The van der Waals surface area contributed by atoms with E-state index in [-0.39, 0.29) is 5.75 Å². The van der Waals surface area contributed by atoms with Gasteiger partial charge in [0, 0.05) is 17.5 Å². The van der Waals surface area contributed by atoms with Crippen molar-refractivity contribution in [2.24, 2.45) is 0 Å². The lowest BCUT2D eigenvalue weighted by Crippen LogP contribution is -2.47. The van der Waals surface area contributed by atoms with E-state index in [9.17, 15) is 23.6 Å². The molecule has 176 valence electrons. The number of hydrazine groups is 1. The summed E-state index contributed by atoms with van der Waals surface area (Å²) < 4.78 is 24.0. The van der Waals surface area contributed by atoms with Gasteiger partial charge in [0.2, 0.25) is 0 Å². The summed E-state index contributed by atoms with van der Waals surface area (Å²) in [7, 11) is 0. The summed E-state index contributed by atoms with van der Waals surface area (Å²) in [6.45, 7) is 1.31. The van der Waals surface area contributed by atoms with Gasteiger partial charge in [0.15, 0.2) is 6.61 Å². The first-order valence-electron chi connectivity index (χ1n) is 10.1. The van der Waals surface area contributed by atoms with Crippen LogP contribution in [-0.2, 0) is 14.4 Å². The first-order valence-corrected chi connectivity index (χ1v) is 11.1. The first kappa shape index (κ1) is 23.3. The number of fused-ring (bicyclic) bond motifs is 1. The molecule has 2 atom stereocenters. The molecule has 3 aromatic rings. The quantitative estimate of drug-likeness (QED) is 0.489. The molecule has 9 nitrogen and oxygen atoms in total. The second-order valence-electron chi connectivity index (χ2n) is 7.56. The van der Waals surface area contributed by atoms with Crippen LogP contribution in [0.2, 0.25) is 0 Å². The average Bonchev–Trinajstić information content (AvgIpc) is 3.07. The van der Waals surface area contributed by atoms with Crippen molar-refractivity contribution in [1.29, 1.82) is 0 Å². The Labute approximate surface area is 196 Å². The second-order valence-corrected chi connectivity index (χ2v) is 8.85. The number of carboxylic acids is 1. The highest BCUT2D eigenvalue weighted by atomic mass is 32.2. The molecule has 1 aromatic heterocycles. The van der Waals surface area contributed by atoms with Crippen LogP contribution in [0, 0.1) is 12.7 Å². The maximum atomic E-state index is 13.3. The molecule has 0 saturated carbocycles. The molecule has 4 rings (SSSR count). The van der Waals surface area contributed by atoms with E-state index in [1.807, 2.05) is 0 Å². The van der Waals surface area contributed by atoms with Crippen molar-refractivity contribution in [1.82, 2.24) is 10.4 Å². The highest BCUT2D eigenvalue weighted by molar-refractivity contribution is 8.01. The van der Waals surface area contributed by atoms with Crippen LogP contribution in [0.5, 0.6) is 5.75 Å². The second kappa shape index (κ2) is 9.56. The fourth-order valence-corrected chi connectivity index (χ4v) is 4.89. The minimum absolute atomic E-state index is 0.275. The molecule has 1 aliphatic rings. The third-order valence-electron chi connectivity index (χ3n) is 5.09. The van der Waals surface area contributed by atoms with Crippen molar-refractivity contribution in [2.75, 3.05) is 6.61 Å². The van der Waals surface area contributed by atoms with Gasteiger partial charge in [-0.1, -0.05) is 12.1 Å². The van der Waals surface area contributed by atoms with Crippen LogP contribution in [-0.4, -0.2) is 39.8 Å². The van der Waals surface area contributed by atoms with Gasteiger partial charge in [-0.15, -0.1) is 11.8 Å². The van der Waals surface area contributed by atoms with Gasteiger partial charge < -0.3 is 14.3 Å². The number of halogens is 1. The van der Waals surface area contributed by atoms with Crippen LogP contribution >= 0.6 is 11.8 Å². The maximum absolute atomic E-state index is 13.3. The topological polar surface area (TPSA) is 126 Å². The Kier molecular flexibility index (Phi) is 6.55. The number of benzene rings is 2. The number of ether oxygens (including phenoxy) is 1. The van der Waals surface area contributed by atoms with Crippen molar-refractivity contribution in [3.63, 3.8) is 0 Å². The van der Waals surface area contributed by atoms with Crippen molar-refractivity contribution >= 4 is 40.5 Å². The van der Waals surface area contributed by atoms with E-state index < -0.39 is 52.9 Å². The van der Waals surface area contributed by atoms with Gasteiger partial charge in [0.05, 0.1) is 11.7 Å². The number of carboxylic acid groups (broad SMARTS) is 1. The van der Waals surface area contributed by atoms with Gasteiger partial charge in [-0.25, -0.2) is 14.2 Å². The lowest BCUT2D eigenvalue weighted by atomic mass is 10.1. The zero-order valence-electron chi connectivity index (χ0n) is 17.8. The molecule has 0 spiro atoms. The van der Waals surface area contributed by atoms with E-state index in [1.54, 1.807) is 19.1 Å². The number of thioether (sulfide) groups is 1. The summed E-state index contributed by atoms with van der Waals surface area (Å²) in [5.74, 6) is -2.60. The number of hydrogen-bond acceptors (Lipinski definition) is 7. The molecule has 2 unspecified atom stereocenters. The number of aliphatic carboxylic acids is 1. The summed E-state index contributed by atoms with van der Waals surface area (Å²) in [4.78, 5) is 48.1. The molecular weight excluding hydrogens is 467 g/mol. The Morgan fingerprint density at radius 2 is 1.91 bits per heavy atom. The smallest absolute Gasteiger partial charge is 0.336 e. The SMILES string of the molecule is Cc1cc(=O)oc2cc(OCC(=O)NN3C(=O)C(CC(=O)O)SC3c3ccc(F)cc3)ccc12. The van der Waals surface area contributed by atoms with Gasteiger partial charge in [0.25, 0.3) is 11.8 Å². The molecule has 2 amide bonds. The molecule has 1 saturated heterocycles. The van der Waals surface area contributed by atoms with Gasteiger partial charge >= 0.3 is 11.6 Å². The van der Waals surface area contributed by atoms with Crippen LogP contribution in [0.1, 0.15) is 22.9 Å². The van der Waals surface area contributed by atoms with E-state index in [0.29, 0.717) is 11.1 Å². The average molecular weight is 486 g/mol. The molecule has 2 N–H and O–H groups in total. The summed E-state index contributed by atoms with van der Waals surface area (Å²) >= 11 is 1.05. The first-order chi connectivity index (χ1) is 16.2. The predicted octanol–water partition coefficient (Wildman–Crippen LogP) is 2.77. The number of carbonyl (C=O) groups excluding carboxylic acids is 2. The Bertz CT molecular complexity index is 1330. The van der Waals surface area contributed by atoms with Gasteiger partial charge in [-0.3, -0.25) is 19.8 Å². The number of carbonyl (C=O) groups is 3. The fourth-order valence-electron chi connectivity index (χ4n) is 3.52. The number of rotatable bonds is 7. The Morgan fingerprint density at radius 1 is 1.18 bits per heavy atom. The van der Waals surface area contributed by atoms with E-state index in [2.05, 4.69) is 5.43 Å². The molecule has 1 fully saturated rings. The molecular formula is C23H19FN2O7S. The van der Waals surface area contributed by atoms with Crippen LogP contribution < -0.4 is 15.8 Å². The summed E-state index contributed by atoms with van der Waals surface area (Å²) in [6.07, 6.45) is -0.425. The standard InChI is InChI=1S/C23H19FN2O7S/c1-12-8-21(30)33-17-9-15(6-7-16(12)17)32-11-19(27)25-26-22(31)18(10-20(28)29)34-23(26)13-2-4-14(24)5-3-13/h2-9,18,23H,10-11H2,1H3,(H,25,27)(H,28,29). The lowest BCUT2D eigenvalue weighted by molar-refractivity contribution is -0.144. The van der Waals surface area contributed by atoms with Crippen LogP contribution in [0.25, 0.3) is 11.0 Å². The molecule has 0 bridgehead atoms. The zero-order chi connectivity index (χ0) is 24.4. The number of amides is 2. The molecule has 34 heavy (non-hydrogen) atoms. The summed E-state index contributed by atoms with van der Waals surface area (Å²) in [6, 6.07) is 11.5. The van der Waals surface area contributed by atoms with Crippen molar-refractivity contribution in [3.05, 3.63) is 75.9 Å². The van der Waals surface area contributed by atoms with Crippen LogP contribution in [0.15, 0.2) is 57.7 Å². The lowest BCUT2D eigenvalue weighted by Gasteiger charge is -2.24. The minimum atomic E-state index is -1.15. The van der Waals surface area contributed by atoms with Crippen LogP contribution in [0.4, 0.5) is 4.39 Å².